The Morgan fingerprint density at radius 2 is 2.00 bits per heavy atom. The van der Waals surface area contributed by atoms with Crippen LogP contribution in [-0.4, -0.2) is 34.0 Å². The molecule has 0 N–H and O–H groups in total. The number of amides is 1. The maximum absolute atomic E-state index is 13.0. The largest absolute Gasteiger partial charge is 0.339 e. The van der Waals surface area contributed by atoms with Crippen LogP contribution >= 0.6 is 11.3 Å². The number of halogens is 1. The summed E-state index contributed by atoms with van der Waals surface area (Å²) in [7, 11) is 0. The minimum Gasteiger partial charge on any atom is -0.339 e. The molecular formula is C20H18FN3O2S. The molecule has 1 aliphatic rings. The van der Waals surface area contributed by atoms with Crippen LogP contribution in [0.4, 0.5) is 4.39 Å². The normalized spacial score (nSPS) is 15.5. The van der Waals surface area contributed by atoms with E-state index in [1.807, 2.05) is 28.5 Å². The molecule has 0 unspecified atom stereocenters. The Hall–Kier alpha value is -2.80. The highest BCUT2D eigenvalue weighted by Gasteiger charge is 2.27. The Labute approximate surface area is 160 Å². The second-order valence-corrected chi connectivity index (χ2v) is 7.39. The number of rotatable bonds is 4. The number of hydrogen-bond donors (Lipinski definition) is 0. The van der Waals surface area contributed by atoms with Gasteiger partial charge in [0.15, 0.2) is 0 Å². The zero-order chi connectivity index (χ0) is 18.6. The summed E-state index contributed by atoms with van der Waals surface area (Å²) >= 11 is 1.60. The summed E-state index contributed by atoms with van der Waals surface area (Å²) in [5.74, 6) is 0.905. The summed E-state index contributed by atoms with van der Waals surface area (Å²) in [6.07, 6.45) is 5.05. The number of nitrogens with zero attached hydrogens (tertiary/aromatic N) is 3. The summed E-state index contributed by atoms with van der Waals surface area (Å²) in [5, 5.41) is 5.99. The van der Waals surface area contributed by atoms with Gasteiger partial charge in [0.25, 0.3) is 0 Å². The van der Waals surface area contributed by atoms with Crippen LogP contribution in [0.3, 0.4) is 0 Å². The van der Waals surface area contributed by atoms with E-state index in [1.165, 1.54) is 12.1 Å². The minimum atomic E-state index is -0.298. The second-order valence-electron chi connectivity index (χ2n) is 6.41. The summed E-state index contributed by atoms with van der Waals surface area (Å²) in [5.41, 5.74) is 0.720. The van der Waals surface area contributed by atoms with Crippen molar-refractivity contribution in [3.63, 3.8) is 0 Å². The SMILES string of the molecule is O=C(C=Cc1cccs1)N1CCC(c2nc(-c3ccc(F)cc3)no2)CC1. The number of carbonyl (C=O) groups excluding carboxylic acids is 1. The number of benzene rings is 1. The predicted molar refractivity (Wildman–Crippen MR) is 102 cm³/mol. The molecule has 2 aromatic heterocycles. The first kappa shape index (κ1) is 17.6. The van der Waals surface area contributed by atoms with Gasteiger partial charge in [-0.1, -0.05) is 11.2 Å². The molecule has 1 aromatic carbocycles. The van der Waals surface area contributed by atoms with Gasteiger partial charge in [0.05, 0.1) is 0 Å². The van der Waals surface area contributed by atoms with Crippen LogP contribution in [0.5, 0.6) is 0 Å². The summed E-state index contributed by atoms with van der Waals surface area (Å²) in [6, 6.07) is 9.95. The number of hydrogen-bond acceptors (Lipinski definition) is 5. The molecule has 0 atom stereocenters. The quantitative estimate of drug-likeness (QED) is 0.628. The van der Waals surface area contributed by atoms with Crippen molar-refractivity contribution in [2.75, 3.05) is 13.1 Å². The first-order valence-corrected chi connectivity index (χ1v) is 9.67. The third kappa shape index (κ3) is 4.14. The van der Waals surface area contributed by atoms with Crippen LogP contribution in [0.15, 0.2) is 52.4 Å². The summed E-state index contributed by atoms with van der Waals surface area (Å²) < 4.78 is 18.4. The summed E-state index contributed by atoms with van der Waals surface area (Å²) in [4.78, 5) is 19.7. The average Bonchev–Trinajstić information content (AvgIpc) is 3.39. The van der Waals surface area contributed by atoms with Gasteiger partial charge in [0.1, 0.15) is 5.82 Å². The fourth-order valence-electron chi connectivity index (χ4n) is 3.11. The smallest absolute Gasteiger partial charge is 0.246 e. The van der Waals surface area contributed by atoms with Gasteiger partial charge in [0.2, 0.25) is 17.6 Å². The molecule has 5 nitrogen and oxygen atoms in total. The fourth-order valence-corrected chi connectivity index (χ4v) is 3.73. The van der Waals surface area contributed by atoms with E-state index in [9.17, 15) is 9.18 Å². The molecule has 27 heavy (non-hydrogen) atoms. The molecule has 4 rings (SSSR count). The van der Waals surface area contributed by atoms with Gasteiger partial charge in [-0.15, -0.1) is 11.3 Å². The molecule has 0 radical (unpaired) electrons. The van der Waals surface area contributed by atoms with Gasteiger partial charge in [-0.2, -0.15) is 4.98 Å². The molecule has 3 heterocycles. The van der Waals surface area contributed by atoms with Crippen molar-refractivity contribution in [1.29, 1.82) is 0 Å². The Bertz CT molecular complexity index is 927. The Kier molecular flexibility index (Phi) is 5.11. The zero-order valence-corrected chi connectivity index (χ0v) is 15.4. The van der Waals surface area contributed by atoms with Crippen LogP contribution in [0.1, 0.15) is 29.5 Å². The molecule has 1 saturated heterocycles. The zero-order valence-electron chi connectivity index (χ0n) is 14.5. The highest BCUT2D eigenvalue weighted by atomic mass is 32.1. The van der Waals surface area contributed by atoms with E-state index in [4.69, 9.17) is 4.52 Å². The molecule has 7 heteroatoms. The van der Waals surface area contributed by atoms with E-state index in [2.05, 4.69) is 10.1 Å². The monoisotopic (exact) mass is 383 g/mol. The summed E-state index contributed by atoms with van der Waals surface area (Å²) in [6.45, 7) is 1.32. The lowest BCUT2D eigenvalue weighted by atomic mass is 9.96. The van der Waals surface area contributed by atoms with E-state index in [1.54, 1.807) is 29.5 Å². The highest BCUT2D eigenvalue weighted by Crippen LogP contribution is 2.28. The molecule has 0 saturated carbocycles. The topological polar surface area (TPSA) is 59.2 Å². The van der Waals surface area contributed by atoms with E-state index in [0.29, 0.717) is 24.8 Å². The number of piperidine rings is 1. The van der Waals surface area contributed by atoms with Gasteiger partial charge in [0, 0.05) is 35.5 Å². The first-order chi connectivity index (χ1) is 13.2. The van der Waals surface area contributed by atoms with Crippen LogP contribution in [-0.2, 0) is 4.79 Å². The lowest BCUT2D eigenvalue weighted by Gasteiger charge is -2.29. The minimum absolute atomic E-state index is 0.0272. The van der Waals surface area contributed by atoms with Crippen molar-refractivity contribution < 1.29 is 13.7 Å². The molecule has 0 bridgehead atoms. The van der Waals surface area contributed by atoms with E-state index >= 15 is 0 Å². The van der Waals surface area contributed by atoms with Crippen LogP contribution in [0, 0.1) is 5.82 Å². The Morgan fingerprint density at radius 1 is 1.22 bits per heavy atom. The van der Waals surface area contributed by atoms with Crippen molar-refractivity contribution in [1.82, 2.24) is 15.0 Å². The van der Waals surface area contributed by atoms with Crippen molar-refractivity contribution >= 4 is 23.3 Å². The van der Waals surface area contributed by atoms with Crippen molar-refractivity contribution in [2.45, 2.75) is 18.8 Å². The number of aromatic nitrogens is 2. The van der Waals surface area contributed by atoms with E-state index in [0.717, 1.165) is 23.3 Å². The van der Waals surface area contributed by atoms with Crippen LogP contribution in [0.25, 0.3) is 17.5 Å². The van der Waals surface area contributed by atoms with Gasteiger partial charge in [-0.25, -0.2) is 4.39 Å². The number of thiophene rings is 1. The molecule has 0 aliphatic carbocycles. The third-order valence-corrected chi connectivity index (χ3v) is 5.47. The van der Waals surface area contributed by atoms with Gasteiger partial charge in [-0.05, 0) is 54.6 Å². The molecule has 0 spiro atoms. The van der Waals surface area contributed by atoms with Crippen molar-refractivity contribution in [2.24, 2.45) is 0 Å². The second kappa shape index (κ2) is 7.84. The molecular weight excluding hydrogens is 365 g/mol. The lowest BCUT2D eigenvalue weighted by molar-refractivity contribution is -0.127. The van der Waals surface area contributed by atoms with Crippen molar-refractivity contribution in [3.8, 4) is 11.4 Å². The van der Waals surface area contributed by atoms with Gasteiger partial charge in [-0.3, -0.25) is 4.79 Å². The third-order valence-electron chi connectivity index (χ3n) is 4.63. The maximum atomic E-state index is 13.0. The molecule has 1 aliphatic heterocycles. The van der Waals surface area contributed by atoms with Crippen LogP contribution in [0.2, 0.25) is 0 Å². The Morgan fingerprint density at radius 3 is 2.70 bits per heavy atom. The molecule has 1 fully saturated rings. The number of likely N-dealkylation sites (tertiary alicyclic amines) is 1. The molecule has 1 amide bonds. The van der Waals surface area contributed by atoms with Crippen LogP contribution < -0.4 is 0 Å². The van der Waals surface area contributed by atoms with E-state index in [-0.39, 0.29) is 17.6 Å². The average molecular weight is 383 g/mol. The Balaban J connectivity index is 1.35. The number of carbonyl (C=O) groups is 1. The molecule has 3 aromatic rings. The fraction of sp³-hybridized carbons (Fsp3) is 0.250. The standard InChI is InChI=1S/C20H18FN3O2S/c21-16-5-3-14(4-6-16)19-22-20(26-23-19)15-9-11-24(12-10-15)18(25)8-7-17-2-1-13-27-17/h1-8,13,15H,9-12H2. The van der Waals surface area contributed by atoms with Crippen molar-refractivity contribution in [3.05, 3.63) is 64.4 Å². The van der Waals surface area contributed by atoms with Gasteiger partial charge < -0.3 is 9.42 Å². The van der Waals surface area contributed by atoms with E-state index < -0.39 is 0 Å². The maximum Gasteiger partial charge on any atom is 0.246 e. The highest BCUT2D eigenvalue weighted by molar-refractivity contribution is 7.10. The lowest BCUT2D eigenvalue weighted by Crippen LogP contribution is -2.36. The first-order valence-electron chi connectivity index (χ1n) is 8.79. The van der Waals surface area contributed by atoms with Gasteiger partial charge >= 0.3 is 0 Å². The predicted octanol–water partition coefficient (Wildman–Crippen LogP) is 4.36. The molecule has 138 valence electrons.